The van der Waals surface area contributed by atoms with Crippen LogP contribution in [-0.2, 0) is 0 Å². The van der Waals surface area contributed by atoms with Crippen LogP contribution in [0.5, 0.6) is 0 Å². The van der Waals surface area contributed by atoms with Crippen LogP contribution in [0.4, 0.5) is 0 Å². The predicted octanol–water partition coefficient (Wildman–Crippen LogP) is 10.2. The van der Waals surface area contributed by atoms with Crippen molar-refractivity contribution in [3.05, 3.63) is 0 Å². The summed E-state index contributed by atoms with van der Waals surface area (Å²) in [5, 5.41) is 0. The summed E-state index contributed by atoms with van der Waals surface area (Å²) >= 11 is 0. The molecule has 220 valence electrons. The Morgan fingerprint density at radius 2 is 0.444 bits per heavy atom. The lowest BCUT2D eigenvalue weighted by Gasteiger charge is -2.18. The van der Waals surface area contributed by atoms with E-state index >= 15 is 0 Å². The fourth-order valence-electron chi connectivity index (χ4n) is 5.58. The van der Waals surface area contributed by atoms with E-state index in [1.165, 1.54) is 180 Å². The van der Waals surface area contributed by atoms with E-state index in [4.69, 9.17) is 0 Å². The average molecular weight is 547 g/mol. The molecule has 0 rings (SSSR count). The highest BCUT2D eigenvalue weighted by molar-refractivity contribution is 7.74. The van der Waals surface area contributed by atoms with E-state index in [9.17, 15) is 0 Å². The molecule has 0 heterocycles. The zero-order valence-corrected chi connectivity index (χ0v) is 27.7. The van der Waals surface area contributed by atoms with Gasteiger partial charge in [-0.2, -0.15) is 0 Å². The molecule has 0 aliphatic carbocycles. The Labute approximate surface area is 238 Å². The number of hydrogen-bond acceptors (Lipinski definition) is 0. The van der Waals surface area contributed by atoms with Gasteiger partial charge in [-0.1, -0.05) is 168 Å². The van der Waals surface area contributed by atoms with Crippen molar-refractivity contribution < 1.29 is 12.4 Å². The van der Waals surface area contributed by atoms with Gasteiger partial charge in [0, 0.05) is 20.6 Å². The number of rotatable bonds is 30. The maximum atomic E-state index is 2.64. The number of hydrogen-bond donors (Lipinski definition) is 0. The van der Waals surface area contributed by atoms with Gasteiger partial charge in [0.25, 0.3) is 0 Å². The van der Waals surface area contributed by atoms with E-state index < -0.39 is 7.26 Å². The summed E-state index contributed by atoms with van der Waals surface area (Å²) in [6, 6.07) is 0. The molecule has 0 bridgehead atoms. The summed E-state index contributed by atoms with van der Waals surface area (Å²) in [7, 11) is -0.612. The van der Waals surface area contributed by atoms with Crippen LogP contribution < -0.4 is 12.4 Å². The molecule has 0 saturated heterocycles. The van der Waals surface area contributed by atoms with Crippen LogP contribution in [0.1, 0.15) is 194 Å². The molecule has 0 unspecified atom stereocenters. The molecule has 0 aliphatic rings. The van der Waals surface area contributed by atoms with Crippen molar-refractivity contribution in [2.45, 2.75) is 194 Å². The highest BCUT2D eigenvalue weighted by Crippen LogP contribution is 2.52. The third kappa shape index (κ3) is 32.7. The van der Waals surface area contributed by atoms with Crippen LogP contribution >= 0.6 is 7.26 Å². The van der Waals surface area contributed by atoms with Gasteiger partial charge < -0.3 is 12.4 Å². The average Bonchev–Trinajstić information content (AvgIpc) is 2.84. The van der Waals surface area contributed by atoms with Crippen molar-refractivity contribution in [2.24, 2.45) is 0 Å². The molecule has 0 saturated carbocycles. The van der Waals surface area contributed by atoms with E-state index in [0.29, 0.717) is 0 Å². The fourth-order valence-corrected chi connectivity index (χ4v) is 7.96. The summed E-state index contributed by atoms with van der Waals surface area (Å²) < 4.78 is 0. The van der Waals surface area contributed by atoms with Gasteiger partial charge in [-0.25, -0.2) is 0 Å². The van der Waals surface area contributed by atoms with Crippen LogP contribution in [0.3, 0.4) is 0 Å². The minimum absolute atomic E-state index is 0. The Balaban J connectivity index is 0. The molecule has 2 heteroatoms. The van der Waals surface area contributed by atoms with Crippen LogP contribution in [0.15, 0.2) is 0 Å². The first-order chi connectivity index (χ1) is 17.1. The second-order valence-electron chi connectivity index (χ2n) is 12.6. The third-order valence-corrected chi connectivity index (χ3v) is 11.3. The molecule has 0 radical (unpaired) electrons. The minimum atomic E-state index is -0.612. The molecule has 0 aromatic rings. The Morgan fingerprint density at radius 3 is 0.639 bits per heavy atom. The molecule has 0 atom stereocenters. The predicted molar refractivity (Wildman–Crippen MR) is 169 cm³/mol. The van der Waals surface area contributed by atoms with Crippen LogP contribution in [0.2, 0.25) is 0 Å². The minimum Gasteiger partial charge on any atom is -1.00 e. The van der Waals surface area contributed by atoms with E-state index in [1.807, 2.05) is 0 Å². The van der Waals surface area contributed by atoms with Gasteiger partial charge in [-0.3, -0.25) is 0 Å². The Bertz CT molecular complexity index is 347. The molecular weight excluding hydrogens is 475 g/mol. The molecule has 0 N–H and O–H groups in total. The van der Waals surface area contributed by atoms with Crippen molar-refractivity contribution in [2.75, 3.05) is 25.7 Å². The Morgan fingerprint density at radius 1 is 0.278 bits per heavy atom. The van der Waals surface area contributed by atoms with E-state index in [2.05, 4.69) is 27.2 Å². The van der Waals surface area contributed by atoms with Gasteiger partial charge in [-0.15, -0.1) is 0 Å². The van der Waals surface area contributed by atoms with Crippen LogP contribution in [0, 0.1) is 0 Å². The Kier molecular flexibility index (Phi) is 34.5. The number of halogens is 1. The summed E-state index contributed by atoms with van der Waals surface area (Å²) in [5.41, 5.74) is 0. The lowest BCUT2D eigenvalue weighted by molar-refractivity contribution is -0.00000804. The smallest absolute Gasteiger partial charge is 0.0589 e. The zero-order chi connectivity index (χ0) is 25.7. The lowest BCUT2D eigenvalue weighted by atomic mass is 10.0. The molecular formula is C34H72ClP. The van der Waals surface area contributed by atoms with Crippen molar-refractivity contribution >= 4 is 7.26 Å². The van der Waals surface area contributed by atoms with Crippen molar-refractivity contribution in [1.29, 1.82) is 0 Å². The summed E-state index contributed by atoms with van der Waals surface area (Å²) in [6.45, 7) is 9.89. The summed E-state index contributed by atoms with van der Waals surface area (Å²) in [4.78, 5) is 0. The topological polar surface area (TPSA) is 0 Å². The van der Waals surface area contributed by atoms with Gasteiger partial charge in [0.15, 0.2) is 0 Å². The highest BCUT2D eigenvalue weighted by atomic mass is 35.5. The second kappa shape index (κ2) is 31.9. The lowest BCUT2D eigenvalue weighted by Crippen LogP contribution is -3.00. The summed E-state index contributed by atoms with van der Waals surface area (Å²) in [6.07, 6.45) is 44.5. The van der Waals surface area contributed by atoms with E-state index in [0.717, 1.165) is 0 Å². The van der Waals surface area contributed by atoms with Gasteiger partial charge in [0.2, 0.25) is 0 Å². The second-order valence-corrected chi connectivity index (χ2v) is 17.3. The SMILES string of the molecule is CCCCCCCCCCCCCCCC[P+](C)(C)CCCCCCCCCCCCCCCC.[Cl-]. The first-order valence-electron chi connectivity index (χ1n) is 16.9. The largest absolute Gasteiger partial charge is 1.00 e. The normalized spacial score (nSPS) is 11.7. The van der Waals surface area contributed by atoms with E-state index in [1.54, 1.807) is 12.3 Å². The molecule has 0 fully saturated rings. The standard InChI is InChI=1S/C34H72P.ClH/c1-5-7-9-11-13-15-17-19-21-23-25-27-29-31-33-35(3,4)34-32-30-28-26-24-22-20-18-16-14-12-10-8-6-2;/h5-34H2,1-4H3;1H/q+1;/p-1. The van der Waals surface area contributed by atoms with Crippen molar-refractivity contribution in [1.82, 2.24) is 0 Å². The molecule has 0 aromatic heterocycles. The highest BCUT2D eigenvalue weighted by Gasteiger charge is 2.23. The molecule has 0 aliphatic heterocycles. The van der Waals surface area contributed by atoms with E-state index in [-0.39, 0.29) is 12.4 Å². The molecule has 0 nitrogen and oxygen atoms in total. The zero-order valence-electron chi connectivity index (χ0n) is 26.0. The van der Waals surface area contributed by atoms with Gasteiger partial charge in [0.05, 0.1) is 12.3 Å². The molecule has 36 heavy (non-hydrogen) atoms. The Hall–Kier alpha value is 0.720. The van der Waals surface area contributed by atoms with Crippen LogP contribution in [-0.4, -0.2) is 25.7 Å². The van der Waals surface area contributed by atoms with Crippen molar-refractivity contribution in [3.8, 4) is 0 Å². The van der Waals surface area contributed by atoms with Gasteiger partial charge in [-0.05, 0) is 25.7 Å². The molecule has 0 spiro atoms. The maximum Gasteiger partial charge on any atom is 0.0589 e. The summed E-state index contributed by atoms with van der Waals surface area (Å²) in [5.74, 6) is 0. The monoisotopic (exact) mass is 547 g/mol. The van der Waals surface area contributed by atoms with Gasteiger partial charge in [0.1, 0.15) is 0 Å². The quantitative estimate of drug-likeness (QED) is 0.0620. The maximum absolute atomic E-state index is 2.64. The number of unbranched alkanes of at least 4 members (excludes halogenated alkanes) is 26. The molecule has 0 aromatic carbocycles. The first kappa shape index (κ1) is 38.9. The van der Waals surface area contributed by atoms with Crippen molar-refractivity contribution in [3.63, 3.8) is 0 Å². The van der Waals surface area contributed by atoms with Crippen LogP contribution in [0.25, 0.3) is 0 Å². The molecule has 0 amide bonds. The van der Waals surface area contributed by atoms with Gasteiger partial charge >= 0.3 is 0 Å². The third-order valence-electron chi connectivity index (χ3n) is 8.23. The fraction of sp³-hybridized carbons (Fsp3) is 1.00. The first-order valence-corrected chi connectivity index (χ1v) is 20.0.